The van der Waals surface area contributed by atoms with Gasteiger partial charge in [-0.25, -0.2) is 0 Å². The van der Waals surface area contributed by atoms with Crippen LogP contribution >= 0.6 is 23.5 Å². The van der Waals surface area contributed by atoms with Crippen LogP contribution in [0.3, 0.4) is 0 Å². The van der Waals surface area contributed by atoms with Gasteiger partial charge in [-0.15, -0.1) is 23.5 Å². The summed E-state index contributed by atoms with van der Waals surface area (Å²) in [6.07, 6.45) is 3.13. The fourth-order valence-corrected chi connectivity index (χ4v) is 4.33. The van der Waals surface area contributed by atoms with Crippen LogP contribution in [0.15, 0.2) is 52.3 Å². The standard InChI is InChI=1S/C19H21NO3S2/c1-24-18-12-15-17(13-16(18)23-10-8-19(21)22)25-11-5-9-20(15)14-6-3-2-4-7-14/h2-4,6-7,12-13H,5,8-11H2,1H3,(H,21,22). The van der Waals surface area contributed by atoms with E-state index >= 15 is 0 Å². The molecule has 0 amide bonds. The third-order valence-corrected chi connectivity index (χ3v) is 5.85. The number of nitrogens with zero attached hydrogens (tertiary/aromatic N) is 1. The van der Waals surface area contributed by atoms with Crippen LogP contribution in [0.4, 0.5) is 11.4 Å². The minimum absolute atomic E-state index is 0.00812. The predicted molar refractivity (Wildman–Crippen MR) is 105 cm³/mol. The van der Waals surface area contributed by atoms with Crippen LogP contribution in [0.2, 0.25) is 0 Å². The molecule has 0 fully saturated rings. The van der Waals surface area contributed by atoms with Gasteiger partial charge in [-0.3, -0.25) is 4.79 Å². The molecule has 25 heavy (non-hydrogen) atoms. The quantitative estimate of drug-likeness (QED) is 0.725. The molecule has 0 atom stereocenters. The van der Waals surface area contributed by atoms with Crippen LogP contribution in [0.5, 0.6) is 5.75 Å². The highest BCUT2D eigenvalue weighted by molar-refractivity contribution is 7.99. The monoisotopic (exact) mass is 375 g/mol. The number of para-hydroxylation sites is 1. The average Bonchev–Trinajstić information content (AvgIpc) is 2.83. The summed E-state index contributed by atoms with van der Waals surface area (Å²) in [5.41, 5.74) is 2.39. The van der Waals surface area contributed by atoms with Gasteiger partial charge in [0.05, 0.1) is 23.6 Å². The smallest absolute Gasteiger partial charge is 0.306 e. The summed E-state index contributed by atoms with van der Waals surface area (Å²) in [7, 11) is 0. The summed E-state index contributed by atoms with van der Waals surface area (Å²) in [6.45, 7) is 1.17. The molecule has 1 aliphatic heterocycles. The number of hydrogen-bond acceptors (Lipinski definition) is 5. The molecule has 0 radical (unpaired) electrons. The fraction of sp³-hybridized carbons (Fsp3) is 0.316. The molecule has 0 aromatic heterocycles. The van der Waals surface area contributed by atoms with E-state index < -0.39 is 5.97 Å². The van der Waals surface area contributed by atoms with Crippen molar-refractivity contribution in [3.8, 4) is 5.75 Å². The van der Waals surface area contributed by atoms with Crippen molar-refractivity contribution in [2.24, 2.45) is 0 Å². The Morgan fingerprint density at radius 3 is 2.84 bits per heavy atom. The zero-order valence-corrected chi connectivity index (χ0v) is 15.7. The zero-order valence-electron chi connectivity index (χ0n) is 14.1. The predicted octanol–water partition coefficient (Wildman–Crippen LogP) is 4.90. The summed E-state index contributed by atoms with van der Waals surface area (Å²) in [5.74, 6) is 0.990. The van der Waals surface area contributed by atoms with E-state index in [0.29, 0.717) is 0 Å². The van der Waals surface area contributed by atoms with Gasteiger partial charge in [0.1, 0.15) is 5.75 Å². The lowest BCUT2D eigenvalue weighted by Crippen LogP contribution is -2.18. The van der Waals surface area contributed by atoms with Crippen LogP contribution in [0.1, 0.15) is 12.8 Å². The summed E-state index contributed by atoms with van der Waals surface area (Å²) < 4.78 is 5.75. The second-order valence-electron chi connectivity index (χ2n) is 5.65. The van der Waals surface area contributed by atoms with E-state index in [2.05, 4.69) is 41.3 Å². The van der Waals surface area contributed by atoms with Crippen molar-refractivity contribution in [1.29, 1.82) is 0 Å². The Hall–Kier alpha value is -1.79. The van der Waals surface area contributed by atoms with Crippen LogP contribution < -0.4 is 9.64 Å². The SMILES string of the molecule is CSc1cc2c(cc1OCCC(=O)O)SCCCN2c1ccccc1. The first-order valence-corrected chi connectivity index (χ1v) is 10.4. The Bertz CT molecular complexity index is 737. The molecule has 1 aliphatic rings. The van der Waals surface area contributed by atoms with Crippen molar-refractivity contribution in [2.45, 2.75) is 22.6 Å². The van der Waals surface area contributed by atoms with Crippen LogP contribution in [-0.4, -0.2) is 36.2 Å². The fourth-order valence-electron chi connectivity index (χ4n) is 2.78. The van der Waals surface area contributed by atoms with Crippen LogP contribution in [0, 0.1) is 0 Å². The number of benzene rings is 2. The number of thioether (sulfide) groups is 2. The number of fused-ring (bicyclic) bond motifs is 1. The highest BCUT2D eigenvalue weighted by atomic mass is 32.2. The number of hydrogen-bond donors (Lipinski definition) is 1. The molecule has 2 aromatic rings. The molecule has 1 N–H and O–H groups in total. The first-order chi connectivity index (χ1) is 12.2. The second-order valence-corrected chi connectivity index (χ2v) is 7.64. The zero-order chi connectivity index (χ0) is 17.6. The highest BCUT2D eigenvalue weighted by Crippen LogP contribution is 2.43. The first-order valence-electron chi connectivity index (χ1n) is 8.21. The Morgan fingerprint density at radius 2 is 2.12 bits per heavy atom. The topological polar surface area (TPSA) is 49.8 Å². The maximum Gasteiger partial charge on any atom is 0.306 e. The number of carboxylic acids is 1. The number of ether oxygens (including phenoxy) is 1. The van der Waals surface area contributed by atoms with E-state index in [1.165, 1.54) is 16.3 Å². The largest absolute Gasteiger partial charge is 0.492 e. The van der Waals surface area contributed by atoms with Crippen molar-refractivity contribution in [2.75, 3.05) is 30.1 Å². The summed E-state index contributed by atoms with van der Waals surface area (Å²) in [4.78, 5) is 15.3. The summed E-state index contributed by atoms with van der Waals surface area (Å²) in [5, 5.41) is 8.81. The molecule has 3 rings (SSSR count). The number of rotatable bonds is 6. The van der Waals surface area contributed by atoms with Crippen molar-refractivity contribution in [3.63, 3.8) is 0 Å². The Morgan fingerprint density at radius 1 is 1.32 bits per heavy atom. The Kier molecular flexibility index (Phi) is 6.15. The number of carboxylic acid groups (broad SMARTS) is 1. The van der Waals surface area contributed by atoms with E-state index in [1.54, 1.807) is 11.8 Å². The molecule has 4 nitrogen and oxygen atoms in total. The minimum atomic E-state index is -0.843. The van der Waals surface area contributed by atoms with E-state index in [0.717, 1.165) is 29.4 Å². The molecule has 6 heteroatoms. The maximum absolute atomic E-state index is 10.7. The van der Waals surface area contributed by atoms with Crippen LogP contribution in [-0.2, 0) is 4.79 Å². The van der Waals surface area contributed by atoms with Crippen LogP contribution in [0.25, 0.3) is 0 Å². The lowest BCUT2D eigenvalue weighted by atomic mass is 10.2. The average molecular weight is 376 g/mol. The number of aliphatic carboxylic acids is 1. The van der Waals surface area contributed by atoms with Crippen molar-refractivity contribution in [3.05, 3.63) is 42.5 Å². The second kappa shape index (κ2) is 8.54. The van der Waals surface area contributed by atoms with Crippen molar-refractivity contribution >= 4 is 40.9 Å². The summed E-state index contributed by atoms with van der Waals surface area (Å²) in [6, 6.07) is 14.7. The molecule has 1 heterocycles. The Labute approximate surface area is 156 Å². The maximum atomic E-state index is 10.7. The highest BCUT2D eigenvalue weighted by Gasteiger charge is 2.20. The molecule has 0 saturated carbocycles. The molecule has 0 bridgehead atoms. The van der Waals surface area contributed by atoms with Gasteiger partial charge in [-0.05, 0) is 42.7 Å². The normalized spacial score (nSPS) is 13.9. The minimum Gasteiger partial charge on any atom is -0.492 e. The molecule has 132 valence electrons. The molecular weight excluding hydrogens is 354 g/mol. The van der Waals surface area contributed by atoms with Gasteiger partial charge < -0.3 is 14.7 Å². The van der Waals surface area contributed by atoms with Crippen molar-refractivity contribution in [1.82, 2.24) is 0 Å². The molecule has 0 aliphatic carbocycles. The Balaban J connectivity index is 1.94. The third kappa shape index (κ3) is 4.44. The van der Waals surface area contributed by atoms with Gasteiger partial charge in [0, 0.05) is 17.1 Å². The van der Waals surface area contributed by atoms with E-state index in [9.17, 15) is 4.79 Å². The molecular formula is C19H21NO3S2. The molecule has 0 saturated heterocycles. The number of anilines is 2. The molecule has 0 spiro atoms. The molecule has 0 unspecified atom stereocenters. The van der Waals surface area contributed by atoms with E-state index in [4.69, 9.17) is 9.84 Å². The van der Waals surface area contributed by atoms with Gasteiger partial charge in [-0.2, -0.15) is 0 Å². The van der Waals surface area contributed by atoms with Gasteiger partial charge in [-0.1, -0.05) is 18.2 Å². The third-order valence-electron chi connectivity index (χ3n) is 3.96. The number of carbonyl (C=O) groups is 1. The van der Waals surface area contributed by atoms with Gasteiger partial charge in [0.15, 0.2) is 0 Å². The summed E-state index contributed by atoms with van der Waals surface area (Å²) >= 11 is 3.46. The van der Waals surface area contributed by atoms with E-state index in [-0.39, 0.29) is 13.0 Å². The van der Waals surface area contributed by atoms with Gasteiger partial charge in [0.25, 0.3) is 0 Å². The first kappa shape index (κ1) is 18.0. The molecule has 2 aromatic carbocycles. The lowest BCUT2D eigenvalue weighted by molar-refractivity contribution is -0.137. The van der Waals surface area contributed by atoms with Crippen molar-refractivity contribution < 1.29 is 14.6 Å². The van der Waals surface area contributed by atoms with E-state index in [1.807, 2.05) is 24.1 Å². The van der Waals surface area contributed by atoms with Gasteiger partial charge in [0.2, 0.25) is 0 Å². The lowest BCUT2D eigenvalue weighted by Gasteiger charge is -2.26. The van der Waals surface area contributed by atoms with Gasteiger partial charge >= 0.3 is 5.97 Å².